The minimum atomic E-state index is -0.988. The van der Waals surface area contributed by atoms with Crippen LogP contribution in [0.1, 0.15) is 22.3 Å². The average molecular weight is 605 g/mol. The molecule has 0 atom stereocenters. The van der Waals surface area contributed by atoms with Crippen molar-refractivity contribution in [2.24, 2.45) is 0 Å². The van der Waals surface area contributed by atoms with E-state index in [9.17, 15) is 14.7 Å². The van der Waals surface area contributed by atoms with E-state index in [4.69, 9.17) is 56.2 Å². The summed E-state index contributed by atoms with van der Waals surface area (Å²) in [7, 11) is 0. The van der Waals surface area contributed by atoms with Gasteiger partial charge >= 0.3 is 5.97 Å². The molecule has 1 amide bonds. The van der Waals surface area contributed by atoms with Crippen LogP contribution < -0.4 is 10.1 Å². The molecule has 0 saturated heterocycles. The number of phenolic OH excluding ortho intramolecular Hbond substituents is 1. The van der Waals surface area contributed by atoms with Crippen LogP contribution in [0.2, 0.25) is 20.1 Å². The second-order valence-electron chi connectivity index (χ2n) is 8.57. The Kier molecular flexibility index (Phi) is 9.25. The molecule has 39 heavy (non-hydrogen) atoms. The highest BCUT2D eigenvalue weighted by atomic mass is 35.5. The molecule has 0 aliphatic carbocycles. The van der Waals surface area contributed by atoms with Crippen LogP contribution in [0.3, 0.4) is 0 Å². The number of aromatic hydroxyl groups is 1. The van der Waals surface area contributed by atoms with Gasteiger partial charge < -0.3 is 20.3 Å². The SMILES string of the molecule is O=C(O)CCNC(=O)c1ccc(COc2cc(-c3cc(Cl)cc(Cl)c3)c(O)cc2-c2cc(Cl)cc(Cl)c2)cc1. The van der Waals surface area contributed by atoms with Crippen molar-refractivity contribution in [3.8, 4) is 33.8 Å². The van der Waals surface area contributed by atoms with Gasteiger partial charge in [-0.25, -0.2) is 0 Å². The normalized spacial score (nSPS) is 10.8. The van der Waals surface area contributed by atoms with E-state index < -0.39 is 5.97 Å². The van der Waals surface area contributed by atoms with Crippen LogP contribution in [-0.4, -0.2) is 28.6 Å². The summed E-state index contributed by atoms with van der Waals surface area (Å²) in [6.45, 7) is 0.180. The van der Waals surface area contributed by atoms with E-state index in [2.05, 4.69) is 5.32 Å². The molecule has 3 N–H and O–H groups in total. The van der Waals surface area contributed by atoms with Crippen LogP contribution in [0, 0.1) is 0 Å². The van der Waals surface area contributed by atoms with Gasteiger partial charge in [-0.1, -0.05) is 58.5 Å². The minimum Gasteiger partial charge on any atom is -0.507 e. The van der Waals surface area contributed by atoms with E-state index in [0.717, 1.165) is 5.56 Å². The summed E-state index contributed by atoms with van der Waals surface area (Å²) in [5.74, 6) is -0.942. The summed E-state index contributed by atoms with van der Waals surface area (Å²) in [4.78, 5) is 22.9. The molecule has 0 saturated carbocycles. The van der Waals surface area contributed by atoms with Crippen molar-refractivity contribution in [2.45, 2.75) is 13.0 Å². The molecule has 10 heteroatoms. The smallest absolute Gasteiger partial charge is 0.305 e. The fourth-order valence-corrected chi connectivity index (χ4v) is 4.91. The molecule has 4 aromatic rings. The number of carboxylic acid groups (broad SMARTS) is 1. The summed E-state index contributed by atoms with van der Waals surface area (Å²) in [5.41, 5.74) is 3.42. The molecular formula is C29H21Cl4NO5. The van der Waals surface area contributed by atoms with Crippen LogP contribution in [0.15, 0.2) is 72.8 Å². The third-order valence-corrected chi connectivity index (χ3v) is 6.55. The molecule has 0 aliphatic rings. The molecule has 0 heterocycles. The van der Waals surface area contributed by atoms with Gasteiger partial charge in [0.25, 0.3) is 5.91 Å². The highest BCUT2D eigenvalue weighted by Gasteiger charge is 2.16. The number of carboxylic acids is 1. The Labute approximate surface area is 244 Å². The standard InChI is InChI=1S/C29H21Cl4NO5/c30-20-7-18(8-21(31)11-20)24-14-27(25(13-26(24)35)19-9-22(32)12-23(33)10-19)39-15-16-1-3-17(4-2-16)29(38)34-6-5-28(36)37/h1-4,7-14,35H,5-6,15H2,(H,34,38)(H,36,37). The van der Waals surface area contributed by atoms with Crippen LogP contribution in [-0.2, 0) is 11.4 Å². The van der Waals surface area contributed by atoms with Crippen molar-refractivity contribution in [3.05, 3.63) is 104 Å². The maximum atomic E-state index is 12.2. The number of aliphatic carboxylic acids is 1. The lowest BCUT2D eigenvalue weighted by Gasteiger charge is -2.16. The first kappa shape index (κ1) is 28.6. The van der Waals surface area contributed by atoms with Crippen molar-refractivity contribution >= 4 is 58.3 Å². The van der Waals surface area contributed by atoms with Crippen LogP contribution in [0.4, 0.5) is 0 Å². The summed E-state index contributed by atoms with van der Waals surface area (Å²) in [5, 5.41) is 23.9. The number of halogens is 4. The first-order valence-electron chi connectivity index (χ1n) is 11.6. The molecule has 200 valence electrons. The maximum Gasteiger partial charge on any atom is 0.305 e. The van der Waals surface area contributed by atoms with Gasteiger partial charge in [-0.05, 0) is 77.4 Å². The molecule has 0 fully saturated rings. The highest BCUT2D eigenvalue weighted by molar-refractivity contribution is 6.35. The van der Waals surface area contributed by atoms with Crippen molar-refractivity contribution in [1.29, 1.82) is 0 Å². The Morgan fingerprint density at radius 3 is 1.82 bits per heavy atom. The summed E-state index contributed by atoms with van der Waals surface area (Å²) < 4.78 is 6.20. The fraction of sp³-hybridized carbons (Fsp3) is 0.103. The summed E-state index contributed by atoms with van der Waals surface area (Å²) in [6.07, 6.45) is -0.159. The fourth-order valence-electron chi connectivity index (χ4n) is 3.86. The van der Waals surface area contributed by atoms with E-state index in [1.54, 1.807) is 72.8 Å². The first-order chi connectivity index (χ1) is 18.6. The highest BCUT2D eigenvalue weighted by Crippen LogP contribution is 2.43. The number of hydrogen-bond donors (Lipinski definition) is 3. The van der Waals surface area contributed by atoms with Gasteiger partial charge in [0, 0.05) is 43.3 Å². The molecular weight excluding hydrogens is 584 g/mol. The number of ether oxygens (including phenoxy) is 1. The van der Waals surface area contributed by atoms with Gasteiger partial charge in [-0.3, -0.25) is 9.59 Å². The first-order valence-corrected chi connectivity index (χ1v) is 13.1. The number of rotatable bonds is 9. The topological polar surface area (TPSA) is 95.9 Å². The van der Waals surface area contributed by atoms with E-state index in [1.165, 1.54) is 0 Å². The number of phenols is 1. The third kappa shape index (κ3) is 7.58. The number of carbonyl (C=O) groups is 2. The molecule has 0 aliphatic heterocycles. The monoisotopic (exact) mass is 603 g/mol. The Balaban J connectivity index is 1.64. The van der Waals surface area contributed by atoms with Crippen LogP contribution in [0.5, 0.6) is 11.5 Å². The van der Waals surface area contributed by atoms with Crippen LogP contribution in [0.25, 0.3) is 22.3 Å². The lowest BCUT2D eigenvalue weighted by Crippen LogP contribution is -2.25. The van der Waals surface area contributed by atoms with Gasteiger partial charge in [-0.2, -0.15) is 0 Å². The minimum absolute atomic E-state index is 0.0231. The lowest BCUT2D eigenvalue weighted by atomic mass is 9.98. The predicted molar refractivity (Wildman–Crippen MR) is 154 cm³/mol. The molecule has 0 unspecified atom stereocenters. The van der Waals surface area contributed by atoms with Gasteiger partial charge in [0.15, 0.2) is 0 Å². The van der Waals surface area contributed by atoms with E-state index in [1.807, 2.05) is 0 Å². The molecule has 0 aromatic heterocycles. The number of hydrogen-bond acceptors (Lipinski definition) is 4. The molecule has 4 rings (SSSR count). The van der Waals surface area contributed by atoms with Gasteiger partial charge in [-0.15, -0.1) is 0 Å². The van der Waals surface area contributed by atoms with Gasteiger partial charge in [0.05, 0.1) is 6.42 Å². The zero-order valence-corrected chi connectivity index (χ0v) is 23.2. The van der Waals surface area contributed by atoms with Crippen molar-refractivity contribution < 1.29 is 24.5 Å². The molecule has 0 spiro atoms. The second kappa shape index (κ2) is 12.6. The Morgan fingerprint density at radius 2 is 1.28 bits per heavy atom. The van der Waals surface area contributed by atoms with Crippen molar-refractivity contribution in [1.82, 2.24) is 5.32 Å². The molecule has 0 bridgehead atoms. The number of nitrogens with one attached hydrogen (secondary N) is 1. The van der Waals surface area contributed by atoms with Gasteiger partial charge in [0.1, 0.15) is 18.1 Å². The van der Waals surface area contributed by atoms with Gasteiger partial charge in [0.2, 0.25) is 0 Å². The zero-order valence-electron chi connectivity index (χ0n) is 20.2. The number of benzene rings is 4. The van der Waals surface area contributed by atoms with E-state index in [0.29, 0.717) is 53.7 Å². The summed E-state index contributed by atoms with van der Waals surface area (Å²) in [6, 6.07) is 20.0. The average Bonchev–Trinajstić information content (AvgIpc) is 2.86. The van der Waals surface area contributed by atoms with Crippen LogP contribution >= 0.6 is 46.4 Å². The summed E-state index contributed by atoms with van der Waals surface area (Å²) >= 11 is 24.9. The third-order valence-electron chi connectivity index (χ3n) is 5.68. The molecule has 6 nitrogen and oxygen atoms in total. The maximum absolute atomic E-state index is 12.2. The zero-order chi connectivity index (χ0) is 28.1. The predicted octanol–water partition coefficient (Wildman–Crippen LogP) is 8.12. The molecule has 4 aromatic carbocycles. The van der Waals surface area contributed by atoms with E-state index >= 15 is 0 Å². The quantitative estimate of drug-likeness (QED) is 0.179. The van der Waals surface area contributed by atoms with Crippen molar-refractivity contribution in [2.75, 3.05) is 6.54 Å². The second-order valence-corrected chi connectivity index (χ2v) is 10.3. The largest absolute Gasteiger partial charge is 0.507 e. The number of carbonyl (C=O) groups excluding carboxylic acids is 1. The number of amides is 1. The van der Waals surface area contributed by atoms with Crippen molar-refractivity contribution in [3.63, 3.8) is 0 Å². The lowest BCUT2D eigenvalue weighted by molar-refractivity contribution is -0.136. The molecule has 0 radical (unpaired) electrons. The Hall–Kier alpha value is -3.42. The Morgan fingerprint density at radius 1 is 0.744 bits per heavy atom. The van der Waals surface area contributed by atoms with E-state index in [-0.39, 0.29) is 31.2 Å². The Bertz CT molecular complexity index is 1500.